The van der Waals surface area contributed by atoms with E-state index in [-0.39, 0.29) is 15.7 Å². The van der Waals surface area contributed by atoms with Crippen LogP contribution in [0.25, 0.3) is 0 Å². The molecule has 2 aromatic rings. The highest BCUT2D eigenvalue weighted by Crippen LogP contribution is 2.51. The predicted octanol–water partition coefficient (Wildman–Crippen LogP) is 5.79. The number of fused-ring (bicyclic) bond motifs is 2. The second kappa shape index (κ2) is 7.69. The fourth-order valence-corrected chi connectivity index (χ4v) is 6.38. The molecule has 0 spiro atoms. The predicted molar refractivity (Wildman–Crippen MR) is 114 cm³/mol. The van der Waals surface area contributed by atoms with Crippen LogP contribution in [0.3, 0.4) is 0 Å². The van der Waals surface area contributed by atoms with E-state index in [1.165, 1.54) is 12.1 Å². The number of allylic oxidation sites excluding steroid dienone is 2. The molecule has 146 valence electrons. The van der Waals surface area contributed by atoms with E-state index in [1.54, 1.807) is 17.8 Å². The summed E-state index contributed by atoms with van der Waals surface area (Å²) in [5.41, 5.74) is 1.23. The highest BCUT2D eigenvalue weighted by molar-refractivity contribution is 8.03. The minimum atomic E-state index is -3.36. The number of Topliss-reactive ketones (excluding diaryl/α,β-unsaturated/α-hetero) is 1. The van der Waals surface area contributed by atoms with E-state index >= 15 is 0 Å². The lowest BCUT2D eigenvalue weighted by Crippen LogP contribution is -2.17. The molecule has 2 aromatic carbocycles. The number of carbonyl (C=O) groups is 1. The third-order valence-electron chi connectivity index (χ3n) is 5.56. The third-order valence-corrected chi connectivity index (χ3v) is 8.29. The molecule has 2 bridgehead atoms. The molecule has 28 heavy (non-hydrogen) atoms. The van der Waals surface area contributed by atoms with Crippen LogP contribution in [0.15, 0.2) is 68.8 Å². The summed E-state index contributed by atoms with van der Waals surface area (Å²) >= 11 is 8.02. The first-order valence-corrected chi connectivity index (χ1v) is 12.4. The van der Waals surface area contributed by atoms with Crippen LogP contribution in [0, 0.1) is 11.8 Å². The summed E-state index contributed by atoms with van der Waals surface area (Å²) in [5, 5.41) is 0.197. The smallest absolute Gasteiger partial charge is 0.191 e. The van der Waals surface area contributed by atoms with Crippen molar-refractivity contribution in [2.24, 2.45) is 11.8 Å². The average Bonchev–Trinajstić information content (AvgIpc) is 3.06. The Kier molecular flexibility index (Phi) is 5.43. The zero-order valence-electron chi connectivity index (χ0n) is 15.5. The van der Waals surface area contributed by atoms with E-state index in [2.05, 4.69) is 12.1 Å². The quantitative estimate of drug-likeness (QED) is 0.561. The van der Waals surface area contributed by atoms with E-state index in [9.17, 15) is 13.2 Å². The molecule has 0 radical (unpaired) electrons. The Morgan fingerprint density at radius 1 is 1.11 bits per heavy atom. The molecule has 2 aliphatic carbocycles. The van der Waals surface area contributed by atoms with Crippen molar-refractivity contribution in [1.29, 1.82) is 0 Å². The van der Waals surface area contributed by atoms with Gasteiger partial charge in [0.25, 0.3) is 0 Å². The molecule has 0 N–H and O–H groups in total. The fourth-order valence-electron chi connectivity index (χ4n) is 4.17. The molecule has 0 aliphatic heterocycles. The zero-order chi connectivity index (χ0) is 19.9. The number of ketones is 1. The van der Waals surface area contributed by atoms with Gasteiger partial charge in [-0.2, -0.15) is 0 Å². The largest absolute Gasteiger partial charge is 0.289 e. The van der Waals surface area contributed by atoms with Gasteiger partial charge in [0.05, 0.1) is 9.92 Å². The highest BCUT2D eigenvalue weighted by atomic mass is 35.5. The summed E-state index contributed by atoms with van der Waals surface area (Å²) in [6, 6.07) is 14.5. The molecule has 1 fully saturated rings. The van der Waals surface area contributed by atoms with Crippen LogP contribution in [0.4, 0.5) is 0 Å². The Morgan fingerprint density at radius 3 is 2.54 bits per heavy atom. The van der Waals surface area contributed by atoms with Crippen molar-refractivity contribution in [3.8, 4) is 0 Å². The molecule has 0 amide bonds. The normalized spacial score (nSPS) is 21.8. The van der Waals surface area contributed by atoms with Crippen molar-refractivity contribution in [3.05, 3.63) is 69.6 Å². The van der Waals surface area contributed by atoms with Gasteiger partial charge in [0.1, 0.15) is 0 Å². The molecule has 3 nitrogen and oxygen atoms in total. The van der Waals surface area contributed by atoms with E-state index in [1.807, 2.05) is 18.2 Å². The van der Waals surface area contributed by atoms with Crippen molar-refractivity contribution in [3.63, 3.8) is 0 Å². The van der Waals surface area contributed by atoms with Gasteiger partial charge in [0.2, 0.25) is 0 Å². The van der Waals surface area contributed by atoms with Crippen molar-refractivity contribution in [1.82, 2.24) is 0 Å². The van der Waals surface area contributed by atoms with Crippen molar-refractivity contribution < 1.29 is 13.2 Å². The molecular formula is C22H21ClO3S2. The Hall–Kier alpha value is -1.56. The van der Waals surface area contributed by atoms with E-state index < -0.39 is 9.84 Å². The summed E-state index contributed by atoms with van der Waals surface area (Å²) in [6.07, 6.45) is 5.33. The van der Waals surface area contributed by atoms with Gasteiger partial charge in [0, 0.05) is 22.3 Å². The van der Waals surface area contributed by atoms with Gasteiger partial charge < -0.3 is 0 Å². The monoisotopic (exact) mass is 432 g/mol. The molecule has 0 aromatic heterocycles. The highest BCUT2D eigenvalue weighted by Gasteiger charge is 2.37. The van der Waals surface area contributed by atoms with Crippen molar-refractivity contribution in [2.75, 3.05) is 6.26 Å². The molecule has 2 unspecified atom stereocenters. The molecule has 2 atom stereocenters. The minimum absolute atomic E-state index is 0.0694. The summed E-state index contributed by atoms with van der Waals surface area (Å²) in [4.78, 5) is 15.8. The third kappa shape index (κ3) is 3.93. The van der Waals surface area contributed by atoms with Crippen LogP contribution >= 0.6 is 23.4 Å². The van der Waals surface area contributed by atoms with Crippen LogP contribution in [-0.4, -0.2) is 20.5 Å². The topological polar surface area (TPSA) is 51.2 Å². The van der Waals surface area contributed by atoms with E-state index in [0.29, 0.717) is 17.4 Å². The van der Waals surface area contributed by atoms with Crippen LogP contribution in [-0.2, 0) is 9.84 Å². The molecule has 1 saturated carbocycles. The Balaban J connectivity index is 1.74. The lowest BCUT2D eigenvalue weighted by Gasteiger charge is -2.26. The van der Waals surface area contributed by atoms with Gasteiger partial charge in [-0.05, 0) is 72.8 Å². The van der Waals surface area contributed by atoms with Gasteiger partial charge in [-0.3, -0.25) is 4.79 Å². The number of benzene rings is 2. The maximum absolute atomic E-state index is 13.4. The zero-order valence-corrected chi connectivity index (χ0v) is 17.9. The SMILES string of the molecule is CS(=O)(=O)c1ccc(C(=O)C2=C(Sc3ccccc3)C3CCC(C2)C3)c(Cl)c1. The molecule has 2 aliphatic rings. The fraction of sp³-hybridized carbons (Fsp3) is 0.318. The average molecular weight is 433 g/mol. The Bertz CT molecular complexity index is 1060. The van der Waals surface area contributed by atoms with E-state index in [0.717, 1.165) is 47.3 Å². The first-order chi connectivity index (χ1) is 13.3. The molecule has 4 rings (SSSR count). The number of sulfone groups is 1. The van der Waals surface area contributed by atoms with Gasteiger partial charge >= 0.3 is 0 Å². The van der Waals surface area contributed by atoms with Crippen molar-refractivity contribution in [2.45, 2.75) is 35.5 Å². The van der Waals surface area contributed by atoms with E-state index in [4.69, 9.17) is 11.6 Å². The lowest BCUT2D eigenvalue weighted by atomic mass is 9.85. The standard InChI is InChI=1S/C22H21ClO3S2/c1-28(25,26)17-9-10-18(20(23)13-17)21(24)19-12-14-7-8-15(11-14)22(19)27-16-5-3-2-4-6-16/h2-6,9-10,13-15H,7-8,11-12H2,1H3. The first kappa shape index (κ1) is 19.7. The van der Waals surface area contributed by atoms with Gasteiger partial charge in [0.15, 0.2) is 15.6 Å². The van der Waals surface area contributed by atoms with Crippen LogP contribution in [0.1, 0.15) is 36.0 Å². The van der Waals surface area contributed by atoms with Gasteiger partial charge in [-0.25, -0.2) is 8.42 Å². The van der Waals surface area contributed by atoms with Crippen molar-refractivity contribution >= 4 is 39.0 Å². The summed E-state index contributed by atoms with van der Waals surface area (Å²) < 4.78 is 23.5. The summed E-state index contributed by atoms with van der Waals surface area (Å²) in [6.45, 7) is 0. The number of carbonyl (C=O) groups excluding carboxylic acids is 1. The van der Waals surface area contributed by atoms with Crippen LogP contribution in [0.2, 0.25) is 5.02 Å². The Labute approximate surface area is 175 Å². The van der Waals surface area contributed by atoms with Crippen LogP contribution in [0.5, 0.6) is 0 Å². The second-order valence-corrected chi connectivity index (χ2v) is 11.1. The molecule has 0 saturated heterocycles. The number of thioether (sulfide) groups is 1. The molecule has 0 heterocycles. The second-order valence-electron chi connectivity index (χ2n) is 7.58. The van der Waals surface area contributed by atoms with Gasteiger partial charge in [-0.15, -0.1) is 0 Å². The number of hydrogen-bond donors (Lipinski definition) is 0. The minimum Gasteiger partial charge on any atom is -0.289 e. The first-order valence-electron chi connectivity index (χ1n) is 9.33. The Morgan fingerprint density at radius 2 is 1.86 bits per heavy atom. The lowest BCUT2D eigenvalue weighted by molar-refractivity contribution is 0.102. The summed E-state index contributed by atoms with van der Waals surface area (Å²) in [5.74, 6) is 0.912. The molecular weight excluding hydrogens is 412 g/mol. The number of halogens is 1. The maximum atomic E-state index is 13.4. The summed E-state index contributed by atoms with van der Waals surface area (Å²) in [7, 11) is -3.36. The number of rotatable bonds is 5. The maximum Gasteiger partial charge on any atom is 0.191 e. The molecule has 6 heteroatoms. The van der Waals surface area contributed by atoms with Gasteiger partial charge in [-0.1, -0.05) is 41.6 Å². The number of hydrogen-bond acceptors (Lipinski definition) is 4. The van der Waals surface area contributed by atoms with Crippen LogP contribution < -0.4 is 0 Å².